The van der Waals surface area contributed by atoms with Crippen LogP contribution in [0.5, 0.6) is 0 Å². The minimum absolute atomic E-state index is 0.504. The van der Waals surface area contributed by atoms with Crippen molar-refractivity contribution >= 4 is 33.1 Å². The van der Waals surface area contributed by atoms with Gasteiger partial charge in [0.25, 0.3) is 0 Å². The highest BCUT2D eigenvalue weighted by molar-refractivity contribution is 7.22. The fourth-order valence-corrected chi connectivity index (χ4v) is 4.37. The number of pyridine rings is 1. The lowest BCUT2D eigenvalue weighted by atomic mass is 9.94. The van der Waals surface area contributed by atoms with Crippen molar-refractivity contribution in [2.45, 2.75) is 25.4 Å². The Bertz CT molecular complexity index is 879. The number of nitrogens with one attached hydrogen (secondary N) is 2. The number of rotatable bonds is 5. The van der Waals surface area contributed by atoms with Crippen molar-refractivity contribution in [2.24, 2.45) is 0 Å². The molecule has 1 saturated heterocycles. The molecule has 4 heterocycles. The summed E-state index contributed by atoms with van der Waals surface area (Å²) in [6.45, 7) is 5.57. The summed E-state index contributed by atoms with van der Waals surface area (Å²) >= 11 is 1.68. The van der Waals surface area contributed by atoms with Crippen molar-refractivity contribution in [3.8, 4) is 10.6 Å². The molecule has 3 aromatic rings. The van der Waals surface area contributed by atoms with Crippen LogP contribution in [0.3, 0.4) is 0 Å². The van der Waals surface area contributed by atoms with E-state index < -0.39 is 5.60 Å². The molecule has 1 aliphatic rings. The van der Waals surface area contributed by atoms with E-state index in [0.717, 1.165) is 65.5 Å². The summed E-state index contributed by atoms with van der Waals surface area (Å²) in [5.74, 6) is 0.517. The van der Waals surface area contributed by atoms with Gasteiger partial charge in [0.15, 0.2) is 0 Å². The molecule has 3 aromatic heterocycles. The highest BCUT2D eigenvalue weighted by Gasteiger charge is 2.26. The molecule has 0 atom stereocenters. The second-order valence-electron chi connectivity index (χ2n) is 7.16. The van der Waals surface area contributed by atoms with Gasteiger partial charge >= 0.3 is 0 Å². The molecule has 0 aromatic carbocycles. The molecule has 1 aliphatic heterocycles. The maximum Gasteiger partial charge on any atom is 0.126 e. The third kappa shape index (κ3) is 3.67. The van der Waals surface area contributed by atoms with Crippen LogP contribution in [-0.4, -0.2) is 57.0 Å². The van der Waals surface area contributed by atoms with Crippen LogP contribution in [0.2, 0.25) is 0 Å². The SMILES string of the molecule is CC1(O)CCN(CCNc2cc(N)nc3cc(-c4ccn[nH]4)sc23)CC1. The number of nitrogen functional groups attached to an aromatic ring is 1. The standard InChI is InChI=1S/C18H24N6OS/c1-18(25)3-7-24(8-4-18)9-6-20-13-11-16(19)22-14-10-15(26-17(13)14)12-2-5-21-23-12/h2,5,10-11,25H,3-4,6-9H2,1H3,(H,21,23)(H3,19,20,22). The zero-order valence-corrected chi connectivity index (χ0v) is 15.6. The fourth-order valence-electron chi connectivity index (χ4n) is 3.31. The normalized spacial score (nSPS) is 17.6. The van der Waals surface area contributed by atoms with Crippen LogP contribution in [0.1, 0.15) is 19.8 Å². The Morgan fingerprint density at radius 1 is 1.38 bits per heavy atom. The molecule has 1 fully saturated rings. The molecular formula is C18H24N6OS. The van der Waals surface area contributed by atoms with Crippen molar-refractivity contribution in [2.75, 3.05) is 37.2 Å². The van der Waals surface area contributed by atoms with Gasteiger partial charge in [-0.05, 0) is 31.9 Å². The van der Waals surface area contributed by atoms with Crippen LogP contribution in [0.15, 0.2) is 24.4 Å². The number of aromatic nitrogens is 3. The van der Waals surface area contributed by atoms with E-state index in [1.54, 1.807) is 17.5 Å². The quantitative estimate of drug-likeness (QED) is 0.549. The first kappa shape index (κ1) is 17.3. The lowest BCUT2D eigenvalue weighted by molar-refractivity contribution is -0.00422. The number of hydrogen-bond donors (Lipinski definition) is 4. The smallest absolute Gasteiger partial charge is 0.126 e. The monoisotopic (exact) mass is 372 g/mol. The van der Waals surface area contributed by atoms with Crippen LogP contribution in [0, 0.1) is 0 Å². The number of anilines is 2. The largest absolute Gasteiger partial charge is 0.390 e. The zero-order chi connectivity index (χ0) is 18.1. The van der Waals surface area contributed by atoms with E-state index in [0.29, 0.717) is 5.82 Å². The molecule has 0 amide bonds. The van der Waals surface area contributed by atoms with Gasteiger partial charge in [0.05, 0.1) is 32.1 Å². The molecule has 0 radical (unpaired) electrons. The Kier molecular flexibility index (Phi) is 4.56. The average molecular weight is 372 g/mol. The van der Waals surface area contributed by atoms with Gasteiger partial charge in [-0.1, -0.05) is 0 Å². The number of H-pyrrole nitrogens is 1. The first-order valence-corrected chi connectivity index (χ1v) is 9.70. The van der Waals surface area contributed by atoms with E-state index in [2.05, 4.69) is 25.4 Å². The molecule has 0 spiro atoms. The lowest BCUT2D eigenvalue weighted by Crippen LogP contribution is -2.43. The van der Waals surface area contributed by atoms with E-state index in [1.165, 1.54) is 0 Å². The first-order valence-electron chi connectivity index (χ1n) is 8.89. The predicted molar refractivity (Wildman–Crippen MR) is 106 cm³/mol. The summed E-state index contributed by atoms with van der Waals surface area (Å²) < 4.78 is 1.10. The maximum absolute atomic E-state index is 10.1. The number of aliphatic hydroxyl groups is 1. The molecule has 0 aliphatic carbocycles. The zero-order valence-electron chi connectivity index (χ0n) is 14.8. The maximum atomic E-state index is 10.1. The number of hydrogen-bond acceptors (Lipinski definition) is 7. The molecule has 0 unspecified atom stereocenters. The van der Waals surface area contributed by atoms with Gasteiger partial charge in [0, 0.05) is 38.4 Å². The van der Waals surface area contributed by atoms with Crippen LogP contribution in [0.4, 0.5) is 11.5 Å². The summed E-state index contributed by atoms with van der Waals surface area (Å²) in [6, 6.07) is 5.89. The number of thiophene rings is 1. The molecule has 5 N–H and O–H groups in total. The molecule has 138 valence electrons. The Labute approximate surface area is 156 Å². The molecular weight excluding hydrogens is 348 g/mol. The molecule has 8 heteroatoms. The average Bonchev–Trinajstić information content (AvgIpc) is 3.25. The van der Waals surface area contributed by atoms with Gasteiger partial charge in [-0.2, -0.15) is 5.10 Å². The molecule has 26 heavy (non-hydrogen) atoms. The minimum Gasteiger partial charge on any atom is -0.390 e. The van der Waals surface area contributed by atoms with Gasteiger partial charge in [-0.25, -0.2) is 4.98 Å². The summed E-state index contributed by atoms with van der Waals surface area (Å²) in [6.07, 6.45) is 3.41. The number of aromatic amines is 1. The van der Waals surface area contributed by atoms with Gasteiger partial charge in [0.2, 0.25) is 0 Å². The van der Waals surface area contributed by atoms with Gasteiger partial charge in [-0.15, -0.1) is 11.3 Å². The van der Waals surface area contributed by atoms with Crippen molar-refractivity contribution < 1.29 is 5.11 Å². The van der Waals surface area contributed by atoms with Crippen LogP contribution in [0.25, 0.3) is 20.8 Å². The van der Waals surface area contributed by atoms with Crippen molar-refractivity contribution in [1.29, 1.82) is 0 Å². The third-order valence-electron chi connectivity index (χ3n) is 4.94. The Balaban J connectivity index is 1.46. The number of fused-ring (bicyclic) bond motifs is 1. The van der Waals surface area contributed by atoms with E-state index >= 15 is 0 Å². The van der Waals surface area contributed by atoms with Crippen LogP contribution >= 0.6 is 11.3 Å². The van der Waals surface area contributed by atoms with E-state index in [9.17, 15) is 5.11 Å². The van der Waals surface area contributed by atoms with Crippen molar-refractivity contribution in [3.63, 3.8) is 0 Å². The van der Waals surface area contributed by atoms with Gasteiger partial charge in [-0.3, -0.25) is 5.10 Å². The van der Waals surface area contributed by atoms with Gasteiger partial charge < -0.3 is 21.1 Å². The number of likely N-dealkylation sites (tertiary alicyclic amines) is 1. The van der Waals surface area contributed by atoms with E-state index in [1.807, 2.05) is 25.1 Å². The first-order chi connectivity index (χ1) is 12.5. The second-order valence-corrected chi connectivity index (χ2v) is 8.21. The highest BCUT2D eigenvalue weighted by atomic mass is 32.1. The molecule has 0 bridgehead atoms. The minimum atomic E-state index is -0.504. The molecule has 0 saturated carbocycles. The second kappa shape index (κ2) is 6.86. The summed E-state index contributed by atoms with van der Waals surface area (Å²) in [5.41, 5.74) is 8.39. The predicted octanol–water partition coefficient (Wildman–Crippen LogP) is 2.53. The van der Waals surface area contributed by atoms with E-state index in [4.69, 9.17) is 5.73 Å². The third-order valence-corrected chi connectivity index (χ3v) is 6.13. The fraction of sp³-hybridized carbons (Fsp3) is 0.444. The highest BCUT2D eigenvalue weighted by Crippen LogP contribution is 2.36. The van der Waals surface area contributed by atoms with Crippen molar-refractivity contribution in [3.05, 3.63) is 24.4 Å². The number of piperidine rings is 1. The number of nitrogens with zero attached hydrogens (tertiary/aromatic N) is 3. The Morgan fingerprint density at radius 2 is 2.19 bits per heavy atom. The summed E-state index contributed by atoms with van der Waals surface area (Å²) in [4.78, 5) is 7.94. The van der Waals surface area contributed by atoms with Gasteiger partial charge in [0.1, 0.15) is 5.82 Å². The Morgan fingerprint density at radius 3 is 2.92 bits per heavy atom. The van der Waals surface area contributed by atoms with E-state index in [-0.39, 0.29) is 0 Å². The van der Waals surface area contributed by atoms with Crippen molar-refractivity contribution in [1.82, 2.24) is 20.1 Å². The summed E-state index contributed by atoms with van der Waals surface area (Å²) in [5, 5.41) is 20.6. The van der Waals surface area contributed by atoms with Crippen LogP contribution in [-0.2, 0) is 0 Å². The Hall–Kier alpha value is -2.16. The number of nitrogens with two attached hydrogens (primary N) is 1. The molecule has 7 nitrogen and oxygen atoms in total. The van der Waals surface area contributed by atoms with Crippen LogP contribution < -0.4 is 11.1 Å². The topological polar surface area (TPSA) is 103 Å². The molecule has 4 rings (SSSR count). The summed E-state index contributed by atoms with van der Waals surface area (Å²) in [7, 11) is 0. The lowest BCUT2D eigenvalue weighted by Gasteiger charge is -2.35.